The average Bonchev–Trinajstić information content (AvgIpc) is 2.73. The van der Waals surface area contributed by atoms with Crippen LogP contribution in [-0.4, -0.2) is 21.8 Å². The van der Waals surface area contributed by atoms with Crippen molar-refractivity contribution in [3.63, 3.8) is 0 Å². The van der Waals surface area contributed by atoms with Gasteiger partial charge in [0, 0.05) is 12.8 Å². The van der Waals surface area contributed by atoms with Gasteiger partial charge >= 0.3 is 0 Å². The lowest BCUT2D eigenvalue weighted by Crippen LogP contribution is -2.02. The van der Waals surface area contributed by atoms with Crippen molar-refractivity contribution in [2.24, 2.45) is 12.8 Å². The van der Waals surface area contributed by atoms with Gasteiger partial charge in [0.25, 0.3) is 0 Å². The van der Waals surface area contributed by atoms with Crippen molar-refractivity contribution in [2.45, 2.75) is 37.3 Å². The van der Waals surface area contributed by atoms with Crippen molar-refractivity contribution in [1.82, 2.24) is 9.55 Å². The van der Waals surface area contributed by atoms with E-state index < -0.39 is 0 Å². The molecule has 1 aromatic carbocycles. The Hall–Kier alpha value is -1.00. The molecular weight excluding hydrogens is 254 g/mol. The summed E-state index contributed by atoms with van der Waals surface area (Å²) >= 11 is 1.81. The van der Waals surface area contributed by atoms with Gasteiger partial charge < -0.3 is 10.3 Å². The maximum Gasteiger partial charge on any atom is 0.168 e. The summed E-state index contributed by atoms with van der Waals surface area (Å²) in [4.78, 5) is 4.78. The molecule has 19 heavy (non-hydrogen) atoms. The fraction of sp³-hybridized carbons (Fsp3) is 0.533. The Morgan fingerprint density at radius 2 is 2.00 bits per heavy atom. The SMILES string of the molecule is Cn1c(SCCCN)nc2cc3c(cc21)CCCC3. The molecule has 0 bridgehead atoms. The zero-order valence-corrected chi connectivity index (χ0v) is 12.3. The summed E-state index contributed by atoms with van der Waals surface area (Å²) in [7, 11) is 2.12. The third-order valence-electron chi connectivity index (χ3n) is 3.88. The predicted molar refractivity (Wildman–Crippen MR) is 81.8 cm³/mol. The molecule has 1 aliphatic carbocycles. The Labute approximate surface area is 118 Å². The Kier molecular flexibility index (Phi) is 3.80. The topological polar surface area (TPSA) is 43.8 Å². The van der Waals surface area contributed by atoms with E-state index in [-0.39, 0.29) is 0 Å². The van der Waals surface area contributed by atoms with Crippen molar-refractivity contribution in [1.29, 1.82) is 0 Å². The molecule has 4 heteroatoms. The van der Waals surface area contributed by atoms with Gasteiger partial charge in [-0.1, -0.05) is 11.8 Å². The first-order valence-corrected chi connectivity index (χ1v) is 8.09. The zero-order chi connectivity index (χ0) is 13.2. The minimum atomic E-state index is 0.755. The largest absolute Gasteiger partial charge is 0.330 e. The van der Waals surface area contributed by atoms with E-state index in [1.165, 1.54) is 42.3 Å². The number of fused-ring (bicyclic) bond motifs is 2. The number of aromatic nitrogens is 2. The van der Waals surface area contributed by atoms with E-state index in [1.807, 2.05) is 11.8 Å². The first-order valence-electron chi connectivity index (χ1n) is 7.10. The lowest BCUT2D eigenvalue weighted by atomic mass is 9.91. The first kappa shape index (κ1) is 13.0. The normalized spacial score (nSPS) is 14.8. The number of aryl methyl sites for hydroxylation is 3. The Morgan fingerprint density at radius 1 is 1.26 bits per heavy atom. The Balaban J connectivity index is 1.95. The summed E-state index contributed by atoms with van der Waals surface area (Å²) in [5.74, 6) is 1.05. The van der Waals surface area contributed by atoms with E-state index in [2.05, 4.69) is 23.7 Å². The Bertz CT molecular complexity index is 589. The average molecular weight is 275 g/mol. The molecule has 0 amide bonds. The molecule has 1 heterocycles. The van der Waals surface area contributed by atoms with Crippen LogP contribution in [0.25, 0.3) is 11.0 Å². The van der Waals surface area contributed by atoms with E-state index >= 15 is 0 Å². The van der Waals surface area contributed by atoms with E-state index in [0.717, 1.165) is 29.4 Å². The van der Waals surface area contributed by atoms with Crippen molar-refractivity contribution in [2.75, 3.05) is 12.3 Å². The number of nitrogens with zero attached hydrogens (tertiary/aromatic N) is 2. The summed E-state index contributed by atoms with van der Waals surface area (Å²) < 4.78 is 2.23. The maximum atomic E-state index is 5.55. The van der Waals surface area contributed by atoms with Crippen LogP contribution in [0, 0.1) is 0 Å². The first-order chi connectivity index (χ1) is 9.29. The number of benzene rings is 1. The second kappa shape index (κ2) is 5.55. The van der Waals surface area contributed by atoms with Crippen LogP contribution in [0.1, 0.15) is 30.4 Å². The second-order valence-electron chi connectivity index (χ2n) is 5.26. The second-order valence-corrected chi connectivity index (χ2v) is 6.32. The molecule has 1 aliphatic rings. The molecule has 2 N–H and O–H groups in total. The molecule has 0 spiro atoms. The third kappa shape index (κ3) is 2.51. The molecule has 1 aromatic heterocycles. The predicted octanol–water partition coefficient (Wildman–Crippen LogP) is 2.89. The summed E-state index contributed by atoms with van der Waals surface area (Å²) in [6.07, 6.45) is 6.14. The zero-order valence-electron chi connectivity index (χ0n) is 11.5. The van der Waals surface area contributed by atoms with Crippen LogP contribution in [0.2, 0.25) is 0 Å². The molecule has 0 atom stereocenters. The fourth-order valence-electron chi connectivity index (χ4n) is 2.77. The van der Waals surface area contributed by atoms with Crippen LogP contribution in [0.5, 0.6) is 0 Å². The quantitative estimate of drug-likeness (QED) is 0.689. The third-order valence-corrected chi connectivity index (χ3v) is 5.00. The lowest BCUT2D eigenvalue weighted by Gasteiger charge is -2.15. The van der Waals surface area contributed by atoms with Crippen LogP contribution in [0.15, 0.2) is 17.3 Å². The maximum absolute atomic E-state index is 5.55. The Morgan fingerprint density at radius 3 is 2.74 bits per heavy atom. The number of hydrogen-bond donors (Lipinski definition) is 1. The minimum Gasteiger partial charge on any atom is -0.330 e. The molecule has 0 saturated carbocycles. The molecule has 0 radical (unpaired) electrons. The molecule has 0 saturated heterocycles. The van der Waals surface area contributed by atoms with E-state index in [0.29, 0.717) is 0 Å². The van der Waals surface area contributed by atoms with E-state index in [4.69, 9.17) is 10.7 Å². The minimum absolute atomic E-state index is 0.755. The van der Waals surface area contributed by atoms with Gasteiger partial charge in [-0.25, -0.2) is 4.98 Å². The number of hydrogen-bond acceptors (Lipinski definition) is 3. The highest BCUT2D eigenvalue weighted by atomic mass is 32.2. The molecule has 102 valence electrons. The summed E-state index contributed by atoms with van der Waals surface area (Å²) in [5.41, 5.74) is 11.0. The van der Waals surface area contributed by atoms with Gasteiger partial charge in [-0.15, -0.1) is 0 Å². The standard InChI is InChI=1S/C15H21N3S/c1-18-14-10-12-6-3-2-5-11(12)9-13(14)17-15(18)19-8-4-7-16/h9-10H,2-8,16H2,1H3. The molecular formula is C15H21N3S. The number of imidazole rings is 1. The van der Waals surface area contributed by atoms with Crippen molar-refractivity contribution in [3.8, 4) is 0 Å². The smallest absolute Gasteiger partial charge is 0.168 e. The summed E-state index contributed by atoms with van der Waals surface area (Å²) in [6.45, 7) is 0.755. The highest BCUT2D eigenvalue weighted by Gasteiger charge is 2.14. The lowest BCUT2D eigenvalue weighted by molar-refractivity contribution is 0.686. The van der Waals surface area contributed by atoms with Gasteiger partial charge in [-0.2, -0.15) is 0 Å². The highest BCUT2D eigenvalue weighted by Crippen LogP contribution is 2.29. The van der Waals surface area contributed by atoms with Gasteiger partial charge in [-0.3, -0.25) is 0 Å². The molecule has 0 fully saturated rings. The van der Waals surface area contributed by atoms with Gasteiger partial charge in [0.15, 0.2) is 5.16 Å². The monoisotopic (exact) mass is 275 g/mol. The summed E-state index contributed by atoms with van der Waals surface area (Å²) in [6, 6.07) is 4.65. The molecule has 2 aromatic rings. The van der Waals surface area contributed by atoms with Crippen LogP contribution < -0.4 is 5.73 Å². The molecule has 3 nitrogen and oxygen atoms in total. The molecule has 0 aliphatic heterocycles. The van der Waals surface area contributed by atoms with Gasteiger partial charge in [0.05, 0.1) is 11.0 Å². The van der Waals surface area contributed by atoms with Gasteiger partial charge in [0.2, 0.25) is 0 Å². The van der Waals surface area contributed by atoms with Crippen molar-refractivity contribution < 1.29 is 0 Å². The molecule has 0 unspecified atom stereocenters. The fourth-order valence-corrected chi connectivity index (χ4v) is 3.72. The summed E-state index contributed by atoms with van der Waals surface area (Å²) in [5, 5.41) is 1.12. The van der Waals surface area contributed by atoms with Crippen molar-refractivity contribution in [3.05, 3.63) is 23.3 Å². The van der Waals surface area contributed by atoms with Crippen LogP contribution in [0.3, 0.4) is 0 Å². The van der Waals surface area contributed by atoms with Gasteiger partial charge in [0.1, 0.15) is 0 Å². The van der Waals surface area contributed by atoms with E-state index in [1.54, 1.807) is 0 Å². The van der Waals surface area contributed by atoms with Crippen LogP contribution in [0.4, 0.5) is 0 Å². The van der Waals surface area contributed by atoms with Crippen LogP contribution >= 0.6 is 11.8 Å². The van der Waals surface area contributed by atoms with Crippen molar-refractivity contribution >= 4 is 22.8 Å². The number of thioether (sulfide) groups is 1. The molecule has 3 rings (SSSR count). The van der Waals surface area contributed by atoms with E-state index in [9.17, 15) is 0 Å². The number of nitrogens with two attached hydrogens (primary N) is 1. The number of rotatable bonds is 4. The van der Waals surface area contributed by atoms with Gasteiger partial charge in [-0.05, 0) is 61.9 Å². The van der Waals surface area contributed by atoms with Crippen LogP contribution in [-0.2, 0) is 19.9 Å². The highest BCUT2D eigenvalue weighted by molar-refractivity contribution is 7.99.